The molecule has 0 saturated carbocycles. The number of aromatic nitrogens is 5. The fourth-order valence-electron chi connectivity index (χ4n) is 3.84. The van der Waals surface area contributed by atoms with Crippen LogP contribution in [0.3, 0.4) is 0 Å². The zero-order chi connectivity index (χ0) is 20.1. The molecule has 0 aliphatic carbocycles. The Morgan fingerprint density at radius 1 is 1.24 bits per heavy atom. The van der Waals surface area contributed by atoms with Crippen LogP contribution in [0.25, 0.3) is 5.69 Å². The molecule has 8 nitrogen and oxygen atoms in total. The minimum Gasteiger partial charge on any atom is -0.357 e. The Hall–Kier alpha value is -3.16. The van der Waals surface area contributed by atoms with Gasteiger partial charge in [-0.3, -0.25) is 4.57 Å². The average molecular weight is 393 g/mol. The van der Waals surface area contributed by atoms with E-state index < -0.39 is 0 Å². The van der Waals surface area contributed by atoms with Crippen LogP contribution in [0.4, 0.5) is 0 Å². The highest BCUT2D eigenvalue weighted by molar-refractivity contribution is 5.80. The van der Waals surface area contributed by atoms with E-state index in [1.807, 2.05) is 47.4 Å². The number of rotatable bonds is 5. The average Bonchev–Trinajstić information content (AvgIpc) is 3.44. The normalized spacial score (nSPS) is 20.1. The van der Waals surface area contributed by atoms with Crippen LogP contribution in [0, 0.1) is 5.92 Å². The molecule has 8 heteroatoms. The molecule has 152 valence electrons. The van der Waals surface area contributed by atoms with Crippen molar-refractivity contribution >= 4 is 5.96 Å². The predicted octanol–water partition coefficient (Wildman–Crippen LogP) is 2.51. The Kier molecular flexibility index (Phi) is 5.88. The molecule has 2 unspecified atom stereocenters. The Bertz CT molecular complexity index is 915. The van der Waals surface area contributed by atoms with E-state index in [0.29, 0.717) is 18.5 Å². The standard InChI is InChI=1S/C21H28N8/c1-3-23-21(27-11-9-17(2)19(14-27)28-12-10-22-15-28)24-13-20-26-25-16-29(20)18-7-5-4-6-8-18/h4-8,10,12,15-17,19H,3,9,11,13-14H2,1-2H3,(H,23,24). The molecule has 3 heterocycles. The van der Waals surface area contributed by atoms with Crippen LogP contribution in [0.15, 0.2) is 60.4 Å². The van der Waals surface area contributed by atoms with Crippen molar-refractivity contribution in [1.82, 2.24) is 34.5 Å². The maximum atomic E-state index is 4.89. The summed E-state index contributed by atoms with van der Waals surface area (Å²) < 4.78 is 4.20. The van der Waals surface area contributed by atoms with Crippen LogP contribution in [0.2, 0.25) is 0 Å². The van der Waals surface area contributed by atoms with Crippen LogP contribution < -0.4 is 5.32 Å². The zero-order valence-corrected chi connectivity index (χ0v) is 17.0. The van der Waals surface area contributed by atoms with Crippen molar-refractivity contribution in [2.75, 3.05) is 19.6 Å². The second-order valence-electron chi connectivity index (χ2n) is 7.41. The summed E-state index contributed by atoms with van der Waals surface area (Å²) in [5.41, 5.74) is 1.04. The van der Waals surface area contributed by atoms with E-state index in [1.165, 1.54) is 0 Å². The molecule has 29 heavy (non-hydrogen) atoms. The first-order valence-corrected chi connectivity index (χ1v) is 10.2. The number of para-hydroxylation sites is 1. The number of aliphatic imine (C=N–C) groups is 1. The number of guanidine groups is 1. The topological polar surface area (TPSA) is 76.2 Å². The second-order valence-corrected chi connectivity index (χ2v) is 7.41. The number of hydrogen-bond donors (Lipinski definition) is 1. The minimum absolute atomic E-state index is 0.392. The largest absolute Gasteiger partial charge is 0.357 e. The highest BCUT2D eigenvalue weighted by atomic mass is 15.3. The van der Waals surface area contributed by atoms with Gasteiger partial charge in [0.2, 0.25) is 0 Å². The van der Waals surface area contributed by atoms with Crippen molar-refractivity contribution in [3.63, 3.8) is 0 Å². The lowest BCUT2D eigenvalue weighted by Crippen LogP contribution is -2.49. The van der Waals surface area contributed by atoms with Gasteiger partial charge in [0, 0.05) is 37.7 Å². The van der Waals surface area contributed by atoms with E-state index in [1.54, 1.807) is 6.33 Å². The molecule has 1 fully saturated rings. The smallest absolute Gasteiger partial charge is 0.194 e. The van der Waals surface area contributed by atoms with Crippen molar-refractivity contribution in [2.45, 2.75) is 32.9 Å². The van der Waals surface area contributed by atoms with Gasteiger partial charge in [-0.25, -0.2) is 9.98 Å². The van der Waals surface area contributed by atoms with Crippen LogP contribution in [0.1, 0.15) is 32.1 Å². The molecule has 2 atom stereocenters. The Morgan fingerprint density at radius 2 is 2.10 bits per heavy atom. The van der Waals surface area contributed by atoms with Crippen molar-refractivity contribution in [3.8, 4) is 5.69 Å². The molecule has 1 saturated heterocycles. The monoisotopic (exact) mass is 392 g/mol. The van der Waals surface area contributed by atoms with E-state index in [2.05, 4.69) is 50.0 Å². The van der Waals surface area contributed by atoms with Crippen molar-refractivity contribution in [3.05, 3.63) is 61.2 Å². The van der Waals surface area contributed by atoms with Crippen LogP contribution in [0.5, 0.6) is 0 Å². The SMILES string of the molecule is CCNC(=NCc1nncn1-c1ccccc1)N1CCC(C)C(n2ccnc2)C1. The molecule has 1 aliphatic heterocycles. The maximum Gasteiger partial charge on any atom is 0.194 e. The quantitative estimate of drug-likeness (QED) is 0.533. The molecular formula is C21H28N8. The lowest BCUT2D eigenvalue weighted by atomic mass is 9.93. The molecule has 0 bridgehead atoms. The zero-order valence-electron chi connectivity index (χ0n) is 17.0. The van der Waals surface area contributed by atoms with Crippen LogP contribution in [-0.2, 0) is 6.54 Å². The van der Waals surface area contributed by atoms with Crippen LogP contribution in [-0.4, -0.2) is 54.8 Å². The minimum atomic E-state index is 0.392. The Morgan fingerprint density at radius 3 is 2.86 bits per heavy atom. The molecule has 4 rings (SSSR count). The van der Waals surface area contributed by atoms with Crippen LogP contribution >= 0.6 is 0 Å². The Balaban J connectivity index is 1.52. The number of likely N-dealkylation sites (tertiary alicyclic amines) is 1. The third-order valence-corrected chi connectivity index (χ3v) is 5.48. The molecule has 1 aliphatic rings. The fourth-order valence-corrected chi connectivity index (χ4v) is 3.84. The van der Waals surface area contributed by atoms with Crippen molar-refractivity contribution in [2.24, 2.45) is 10.9 Å². The second kappa shape index (κ2) is 8.89. The summed E-state index contributed by atoms with van der Waals surface area (Å²) in [6.07, 6.45) is 8.67. The van der Waals surface area contributed by atoms with E-state index in [9.17, 15) is 0 Å². The van der Waals surface area contributed by atoms with Gasteiger partial charge in [-0.15, -0.1) is 10.2 Å². The Labute approximate surface area is 171 Å². The van der Waals surface area contributed by atoms with Crippen molar-refractivity contribution < 1.29 is 0 Å². The van der Waals surface area contributed by atoms with Gasteiger partial charge in [0.25, 0.3) is 0 Å². The first kappa shape index (κ1) is 19.2. The maximum absolute atomic E-state index is 4.89. The molecule has 1 aromatic carbocycles. The number of imidazole rings is 1. The number of nitrogens with one attached hydrogen (secondary N) is 1. The molecular weight excluding hydrogens is 364 g/mol. The summed E-state index contributed by atoms with van der Waals surface area (Å²) in [4.78, 5) is 11.5. The first-order valence-electron chi connectivity index (χ1n) is 10.2. The molecule has 3 aromatic rings. The van der Waals surface area contributed by atoms with Crippen molar-refractivity contribution in [1.29, 1.82) is 0 Å². The third-order valence-electron chi connectivity index (χ3n) is 5.48. The summed E-state index contributed by atoms with van der Waals surface area (Å²) >= 11 is 0. The van der Waals surface area contributed by atoms with Gasteiger partial charge in [0.15, 0.2) is 11.8 Å². The number of benzene rings is 1. The number of hydrogen-bond acceptors (Lipinski definition) is 4. The summed E-state index contributed by atoms with van der Waals surface area (Å²) in [7, 11) is 0. The molecule has 0 amide bonds. The molecule has 1 N–H and O–H groups in total. The van der Waals surface area contributed by atoms with Gasteiger partial charge in [-0.05, 0) is 31.4 Å². The summed E-state index contributed by atoms with van der Waals surface area (Å²) in [6.45, 7) is 7.61. The number of piperidine rings is 1. The highest BCUT2D eigenvalue weighted by Gasteiger charge is 2.29. The summed E-state index contributed by atoms with van der Waals surface area (Å²) in [6, 6.07) is 10.5. The van der Waals surface area contributed by atoms with E-state index in [4.69, 9.17) is 4.99 Å². The van der Waals surface area contributed by atoms with E-state index in [0.717, 1.165) is 43.5 Å². The first-order chi connectivity index (χ1) is 14.3. The van der Waals surface area contributed by atoms with Gasteiger partial charge < -0.3 is 14.8 Å². The fraction of sp³-hybridized carbons (Fsp3) is 0.429. The van der Waals surface area contributed by atoms with Gasteiger partial charge in [-0.2, -0.15) is 0 Å². The van der Waals surface area contributed by atoms with Gasteiger partial charge >= 0.3 is 0 Å². The molecule has 0 radical (unpaired) electrons. The molecule has 2 aromatic heterocycles. The molecule has 0 spiro atoms. The number of nitrogens with zero attached hydrogens (tertiary/aromatic N) is 7. The van der Waals surface area contributed by atoms with E-state index >= 15 is 0 Å². The highest BCUT2D eigenvalue weighted by Crippen LogP contribution is 2.27. The third kappa shape index (κ3) is 4.31. The van der Waals surface area contributed by atoms with Gasteiger partial charge in [0.05, 0.1) is 12.4 Å². The summed E-state index contributed by atoms with van der Waals surface area (Å²) in [5.74, 6) is 2.35. The lowest BCUT2D eigenvalue weighted by Gasteiger charge is -2.39. The predicted molar refractivity (Wildman–Crippen MR) is 113 cm³/mol. The van der Waals surface area contributed by atoms with Gasteiger partial charge in [0.1, 0.15) is 12.9 Å². The summed E-state index contributed by atoms with van der Waals surface area (Å²) in [5, 5.41) is 11.8. The lowest BCUT2D eigenvalue weighted by molar-refractivity contribution is 0.189. The van der Waals surface area contributed by atoms with Gasteiger partial charge in [-0.1, -0.05) is 25.1 Å². The van der Waals surface area contributed by atoms with E-state index in [-0.39, 0.29) is 0 Å².